The van der Waals surface area contributed by atoms with Gasteiger partial charge in [0.25, 0.3) is 6.29 Å². The van der Waals surface area contributed by atoms with Crippen molar-refractivity contribution in [2.75, 3.05) is 19.7 Å². The van der Waals surface area contributed by atoms with Crippen molar-refractivity contribution in [1.82, 2.24) is 5.01 Å². The lowest BCUT2D eigenvalue weighted by Crippen LogP contribution is -2.42. The topological polar surface area (TPSA) is 86.4 Å². The SMILES string of the molecule is CCOC(=O)OC(C)O/N=[N+](\[O-])N1CCC1. The Bertz CT molecular complexity index is 266. The summed E-state index contributed by atoms with van der Waals surface area (Å²) in [5.41, 5.74) is 0. The first-order valence-corrected chi connectivity index (χ1v) is 5.05. The lowest BCUT2D eigenvalue weighted by atomic mass is 10.3. The Kier molecular flexibility index (Phi) is 4.62. The zero-order chi connectivity index (χ0) is 12.0. The van der Waals surface area contributed by atoms with Crippen LogP contribution in [0.15, 0.2) is 5.28 Å². The summed E-state index contributed by atoms with van der Waals surface area (Å²) in [6.07, 6.45) is -0.855. The number of carbonyl (C=O) groups excluding carboxylic acids is 1. The van der Waals surface area contributed by atoms with E-state index in [4.69, 9.17) is 0 Å². The van der Waals surface area contributed by atoms with Crippen LogP contribution in [0.4, 0.5) is 4.79 Å². The largest absolute Gasteiger partial charge is 0.569 e. The number of rotatable bonds is 5. The molecule has 1 atom stereocenters. The molecular weight excluding hydrogens is 218 g/mol. The smallest absolute Gasteiger partial charge is 0.511 e. The Morgan fingerprint density at radius 1 is 1.62 bits per heavy atom. The molecule has 0 aromatic heterocycles. The van der Waals surface area contributed by atoms with Crippen LogP contribution in [0.25, 0.3) is 0 Å². The van der Waals surface area contributed by atoms with Crippen molar-refractivity contribution in [2.24, 2.45) is 5.28 Å². The quantitative estimate of drug-likeness (QED) is 0.232. The predicted octanol–water partition coefficient (Wildman–Crippen LogP) is 1.02. The second-order valence-electron chi connectivity index (χ2n) is 3.12. The second kappa shape index (κ2) is 5.99. The van der Waals surface area contributed by atoms with Crippen LogP contribution in [0.1, 0.15) is 20.3 Å². The van der Waals surface area contributed by atoms with E-state index in [-0.39, 0.29) is 6.61 Å². The van der Waals surface area contributed by atoms with E-state index in [9.17, 15) is 10.0 Å². The molecule has 1 saturated heterocycles. The summed E-state index contributed by atoms with van der Waals surface area (Å²) in [6, 6.07) is 0. The van der Waals surface area contributed by atoms with Gasteiger partial charge in [-0.05, 0) is 13.3 Å². The van der Waals surface area contributed by atoms with Gasteiger partial charge in [0.2, 0.25) is 5.28 Å². The molecule has 1 aliphatic rings. The minimum Gasteiger partial charge on any atom is -0.569 e. The van der Waals surface area contributed by atoms with E-state index in [1.165, 1.54) is 11.9 Å². The van der Waals surface area contributed by atoms with Crippen molar-refractivity contribution in [3.63, 3.8) is 0 Å². The van der Waals surface area contributed by atoms with Crippen molar-refractivity contribution >= 4 is 6.16 Å². The summed E-state index contributed by atoms with van der Waals surface area (Å²) in [7, 11) is 0. The van der Waals surface area contributed by atoms with Crippen LogP contribution in [-0.2, 0) is 14.3 Å². The van der Waals surface area contributed by atoms with E-state index in [0.717, 1.165) is 6.42 Å². The summed E-state index contributed by atoms with van der Waals surface area (Å²) in [5.74, 6) is 0. The van der Waals surface area contributed by atoms with Crippen molar-refractivity contribution in [3.8, 4) is 0 Å². The molecule has 0 amide bonds. The zero-order valence-electron chi connectivity index (χ0n) is 9.29. The number of hydrazine groups is 1. The van der Waals surface area contributed by atoms with Crippen molar-refractivity contribution < 1.29 is 24.1 Å². The number of hydrogen-bond donors (Lipinski definition) is 0. The van der Waals surface area contributed by atoms with Crippen molar-refractivity contribution in [2.45, 2.75) is 26.6 Å². The second-order valence-corrected chi connectivity index (χ2v) is 3.12. The van der Waals surface area contributed by atoms with Crippen LogP contribution in [0.5, 0.6) is 0 Å². The summed E-state index contributed by atoms with van der Waals surface area (Å²) >= 11 is 0. The highest BCUT2D eigenvalue weighted by Crippen LogP contribution is 2.06. The Morgan fingerprint density at radius 2 is 2.31 bits per heavy atom. The monoisotopic (exact) mass is 233 g/mol. The number of carbonyl (C=O) groups is 1. The van der Waals surface area contributed by atoms with Crippen LogP contribution in [0.3, 0.4) is 0 Å². The molecule has 0 aliphatic carbocycles. The van der Waals surface area contributed by atoms with E-state index in [1.807, 2.05) is 0 Å². The fourth-order valence-electron chi connectivity index (χ4n) is 0.938. The molecule has 16 heavy (non-hydrogen) atoms. The van der Waals surface area contributed by atoms with Crippen molar-refractivity contribution in [3.05, 3.63) is 5.21 Å². The van der Waals surface area contributed by atoms with Gasteiger partial charge in [-0.15, -0.1) is 5.01 Å². The molecular formula is C8H15N3O5. The van der Waals surface area contributed by atoms with E-state index in [2.05, 4.69) is 19.6 Å². The van der Waals surface area contributed by atoms with Crippen LogP contribution < -0.4 is 0 Å². The minimum atomic E-state index is -0.961. The Hall–Kier alpha value is -1.73. The maximum atomic E-state index is 11.1. The number of hydrogen-bond acceptors (Lipinski definition) is 6. The molecule has 1 fully saturated rings. The molecule has 92 valence electrons. The lowest BCUT2D eigenvalue weighted by Gasteiger charge is -2.25. The fraction of sp³-hybridized carbons (Fsp3) is 0.875. The predicted molar refractivity (Wildman–Crippen MR) is 50.9 cm³/mol. The zero-order valence-corrected chi connectivity index (χ0v) is 9.29. The Labute approximate surface area is 92.9 Å². The van der Waals surface area contributed by atoms with Gasteiger partial charge < -0.3 is 14.7 Å². The normalized spacial score (nSPS) is 17.4. The third-order valence-corrected chi connectivity index (χ3v) is 1.86. The fourth-order valence-corrected chi connectivity index (χ4v) is 0.938. The Balaban J connectivity index is 2.22. The van der Waals surface area contributed by atoms with Gasteiger partial charge in [0.05, 0.1) is 24.7 Å². The van der Waals surface area contributed by atoms with Gasteiger partial charge in [0.1, 0.15) is 0 Å². The highest BCUT2D eigenvalue weighted by molar-refractivity contribution is 5.59. The first-order chi connectivity index (χ1) is 7.63. The van der Waals surface area contributed by atoms with Crippen LogP contribution in [0, 0.1) is 5.21 Å². The molecule has 0 N–H and O–H groups in total. The van der Waals surface area contributed by atoms with E-state index >= 15 is 0 Å². The third kappa shape index (κ3) is 3.79. The standard InChI is InChI=1S/C8H15N3O5/c1-3-14-8(12)15-7(2)16-9-11(13)10-5-4-6-10/h7H,3-6H2,1-2H3/b11-9-. The molecule has 0 aromatic rings. The summed E-state index contributed by atoms with van der Waals surface area (Å²) in [6.45, 7) is 4.61. The highest BCUT2D eigenvalue weighted by Gasteiger charge is 2.22. The molecule has 0 spiro atoms. The minimum absolute atomic E-state index is 0.212. The number of ether oxygens (including phenoxy) is 2. The first kappa shape index (κ1) is 12.3. The summed E-state index contributed by atoms with van der Waals surface area (Å²) in [4.78, 5) is 15.8. The summed E-state index contributed by atoms with van der Waals surface area (Å²) < 4.78 is 9.13. The van der Waals surface area contributed by atoms with Gasteiger partial charge in [0.15, 0.2) is 0 Å². The first-order valence-electron chi connectivity index (χ1n) is 5.05. The van der Waals surface area contributed by atoms with E-state index < -0.39 is 12.4 Å². The molecule has 8 nitrogen and oxygen atoms in total. The molecule has 0 aromatic carbocycles. The van der Waals surface area contributed by atoms with E-state index in [1.54, 1.807) is 6.92 Å². The maximum absolute atomic E-state index is 11.1. The van der Waals surface area contributed by atoms with E-state index in [0.29, 0.717) is 18.1 Å². The molecule has 0 saturated carbocycles. The molecule has 8 heteroatoms. The molecule has 1 unspecified atom stereocenters. The van der Waals surface area contributed by atoms with Gasteiger partial charge in [-0.2, -0.15) is 0 Å². The number of nitrogens with zero attached hydrogens (tertiary/aromatic N) is 3. The molecule has 0 bridgehead atoms. The molecule has 1 aliphatic heterocycles. The van der Waals surface area contributed by atoms with Gasteiger partial charge in [-0.1, -0.05) is 0 Å². The Morgan fingerprint density at radius 3 is 2.81 bits per heavy atom. The van der Waals surface area contributed by atoms with Crippen molar-refractivity contribution in [1.29, 1.82) is 0 Å². The van der Waals surface area contributed by atoms with Crippen LogP contribution >= 0.6 is 0 Å². The maximum Gasteiger partial charge on any atom is 0.511 e. The van der Waals surface area contributed by atoms with Gasteiger partial charge in [0, 0.05) is 6.92 Å². The summed E-state index contributed by atoms with van der Waals surface area (Å²) in [5, 5.41) is 15.8. The lowest BCUT2D eigenvalue weighted by molar-refractivity contribution is -0.724. The van der Waals surface area contributed by atoms with Gasteiger partial charge in [-0.3, -0.25) is 4.84 Å². The van der Waals surface area contributed by atoms with Crippen LogP contribution in [-0.4, -0.2) is 42.1 Å². The molecule has 1 heterocycles. The average molecular weight is 233 g/mol. The van der Waals surface area contributed by atoms with Gasteiger partial charge in [-0.25, -0.2) is 4.79 Å². The third-order valence-electron chi connectivity index (χ3n) is 1.86. The van der Waals surface area contributed by atoms with Crippen LogP contribution in [0.2, 0.25) is 0 Å². The average Bonchev–Trinajstić information content (AvgIpc) is 2.12. The highest BCUT2D eigenvalue weighted by atomic mass is 16.8. The van der Waals surface area contributed by atoms with Gasteiger partial charge >= 0.3 is 6.16 Å². The molecule has 0 radical (unpaired) electrons. The molecule has 1 rings (SSSR count).